The topological polar surface area (TPSA) is 82.8 Å². The van der Waals surface area contributed by atoms with Gasteiger partial charge in [-0.1, -0.05) is 42.5 Å². The SMILES string of the molecule is COC1=CC(C(=O)c2ccccc2)=CC(OC)C1(Nc1ccccc1N)OC. The summed E-state index contributed by atoms with van der Waals surface area (Å²) >= 11 is 0. The summed E-state index contributed by atoms with van der Waals surface area (Å²) in [5, 5.41) is 3.29. The Morgan fingerprint density at radius 2 is 1.71 bits per heavy atom. The molecule has 0 radical (unpaired) electrons. The Morgan fingerprint density at radius 3 is 2.32 bits per heavy atom. The van der Waals surface area contributed by atoms with Crippen LogP contribution in [0.2, 0.25) is 0 Å². The molecule has 0 spiro atoms. The molecule has 2 aromatic rings. The van der Waals surface area contributed by atoms with E-state index in [1.165, 1.54) is 7.11 Å². The maximum Gasteiger partial charge on any atom is 0.227 e. The zero-order chi connectivity index (χ0) is 20.1. The first-order chi connectivity index (χ1) is 13.6. The molecule has 0 amide bonds. The lowest BCUT2D eigenvalue weighted by Crippen LogP contribution is -2.54. The van der Waals surface area contributed by atoms with Crippen LogP contribution in [0.15, 0.2) is 78.1 Å². The molecule has 3 rings (SSSR count). The highest BCUT2D eigenvalue weighted by molar-refractivity contribution is 6.10. The minimum atomic E-state index is -1.18. The number of carbonyl (C=O) groups is 1. The Labute approximate surface area is 164 Å². The number of hydrogen-bond donors (Lipinski definition) is 2. The van der Waals surface area contributed by atoms with Crippen LogP contribution >= 0.6 is 0 Å². The van der Waals surface area contributed by atoms with Gasteiger partial charge in [-0.05, 0) is 24.3 Å². The molecule has 6 nitrogen and oxygen atoms in total. The number of hydrogen-bond acceptors (Lipinski definition) is 6. The molecule has 2 aromatic carbocycles. The van der Waals surface area contributed by atoms with Crippen LogP contribution in [-0.2, 0) is 14.2 Å². The number of methoxy groups -OCH3 is 3. The number of carbonyl (C=O) groups excluding carboxylic acids is 1. The Kier molecular flexibility index (Phi) is 5.82. The van der Waals surface area contributed by atoms with E-state index < -0.39 is 11.8 Å². The number of ketones is 1. The van der Waals surface area contributed by atoms with E-state index in [2.05, 4.69) is 5.32 Å². The van der Waals surface area contributed by atoms with Crippen molar-refractivity contribution in [1.82, 2.24) is 0 Å². The number of nitrogens with one attached hydrogen (secondary N) is 1. The van der Waals surface area contributed by atoms with E-state index in [0.717, 1.165) is 0 Å². The maximum absolute atomic E-state index is 12.9. The van der Waals surface area contributed by atoms with Crippen LogP contribution in [0.25, 0.3) is 0 Å². The predicted octanol–water partition coefficient (Wildman–Crippen LogP) is 3.39. The second-order valence-corrected chi connectivity index (χ2v) is 6.34. The Bertz CT molecular complexity index is 908. The van der Waals surface area contributed by atoms with Crippen molar-refractivity contribution in [2.45, 2.75) is 11.8 Å². The fourth-order valence-electron chi connectivity index (χ4n) is 3.27. The third-order valence-corrected chi connectivity index (χ3v) is 4.76. The van der Waals surface area contributed by atoms with Crippen LogP contribution in [0.5, 0.6) is 0 Å². The molecule has 3 N–H and O–H groups in total. The van der Waals surface area contributed by atoms with Gasteiger partial charge in [0.1, 0.15) is 6.10 Å². The molecule has 2 atom stereocenters. The molecule has 6 heteroatoms. The zero-order valence-electron chi connectivity index (χ0n) is 16.1. The minimum Gasteiger partial charge on any atom is -0.496 e. The summed E-state index contributed by atoms with van der Waals surface area (Å²) in [7, 11) is 4.62. The van der Waals surface area contributed by atoms with Crippen LogP contribution in [-0.4, -0.2) is 38.9 Å². The smallest absolute Gasteiger partial charge is 0.227 e. The highest BCUT2D eigenvalue weighted by Gasteiger charge is 2.47. The molecule has 0 fully saturated rings. The van der Waals surface area contributed by atoms with Gasteiger partial charge in [-0.15, -0.1) is 0 Å². The van der Waals surface area contributed by atoms with E-state index in [0.29, 0.717) is 28.3 Å². The van der Waals surface area contributed by atoms with Gasteiger partial charge in [-0.2, -0.15) is 0 Å². The maximum atomic E-state index is 12.9. The quantitative estimate of drug-likeness (QED) is 0.435. The van der Waals surface area contributed by atoms with Gasteiger partial charge in [0, 0.05) is 25.4 Å². The molecular weight excluding hydrogens is 356 g/mol. The van der Waals surface area contributed by atoms with Crippen molar-refractivity contribution >= 4 is 17.2 Å². The zero-order valence-corrected chi connectivity index (χ0v) is 16.1. The van der Waals surface area contributed by atoms with Gasteiger partial charge < -0.3 is 25.3 Å². The van der Waals surface area contributed by atoms with Gasteiger partial charge in [0.2, 0.25) is 5.72 Å². The second kappa shape index (κ2) is 8.29. The van der Waals surface area contributed by atoms with Crippen molar-refractivity contribution in [3.8, 4) is 0 Å². The Hall–Kier alpha value is -3.09. The van der Waals surface area contributed by atoms with Crippen LogP contribution in [0.1, 0.15) is 10.4 Å². The molecule has 0 saturated heterocycles. The molecule has 146 valence electrons. The van der Waals surface area contributed by atoms with Crippen LogP contribution in [0.3, 0.4) is 0 Å². The van der Waals surface area contributed by atoms with Crippen molar-refractivity contribution in [3.63, 3.8) is 0 Å². The van der Waals surface area contributed by atoms with E-state index in [4.69, 9.17) is 19.9 Å². The monoisotopic (exact) mass is 380 g/mol. The Morgan fingerprint density at radius 1 is 1.04 bits per heavy atom. The summed E-state index contributed by atoms with van der Waals surface area (Å²) in [5.74, 6) is 0.285. The number of benzene rings is 2. The summed E-state index contributed by atoms with van der Waals surface area (Å²) in [6.07, 6.45) is 2.76. The number of Topliss-reactive ketones (excluding diaryl/α,β-unsaturated/α-hetero) is 1. The van der Waals surface area contributed by atoms with E-state index in [9.17, 15) is 4.79 Å². The average molecular weight is 380 g/mol. The molecule has 0 heterocycles. The van der Waals surface area contributed by atoms with Crippen LogP contribution in [0, 0.1) is 0 Å². The second-order valence-electron chi connectivity index (χ2n) is 6.34. The fourth-order valence-corrected chi connectivity index (χ4v) is 3.27. The van der Waals surface area contributed by atoms with E-state index in [-0.39, 0.29) is 5.78 Å². The third-order valence-electron chi connectivity index (χ3n) is 4.76. The summed E-state index contributed by atoms with van der Waals surface area (Å²) in [5.41, 5.74) is 7.18. The Balaban J connectivity index is 2.03. The van der Waals surface area contributed by atoms with Crippen molar-refractivity contribution in [2.75, 3.05) is 32.4 Å². The molecule has 1 aliphatic rings. The van der Waals surface area contributed by atoms with Crippen molar-refractivity contribution < 1.29 is 19.0 Å². The molecule has 1 aliphatic carbocycles. The molecule has 0 aromatic heterocycles. The summed E-state index contributed by atoms with van der Waals surface area (Å²) in [6.45, 7) is 0. The van der Waals surface area contributed by atoms with E-state index in [1.807, 2.05) is 36.4 Å². The number of ether oxygens (including phenoxy) is 3. The van der Waals surface area contributed by atoms with Gasteiger partial charge in [0.05, 0.1) is 18.5 Å². The van der Waals surface area contributed by atoms with Gasteiger partial charge in [-0.25, -0.2) is 0 Å². The first-order valence-electron chi connectivity index (χ1n) is 8.84. The first-order valence-corrected chi connectivity index (χ1v) is 8.84. The molecule has 0 aliphatic heterocycles. The largest absolute Gasteiger partial charge is 0.496 e. The lowest BCUT2D eigenvalue weighted by molar-refractivity contribution is -0.0819. The van der Waals surface area contributed by atoms with E-state index >= 15 is 0 Å². The molecule has 0 bridgehead atoms. The van der Waals surface area contributed by atoms with Gasteiger partial charge in [-0.3, -0.25) is 4.79 Å². The highest BCUT2D eigenvalue weighted by atomic mass is 16.6. The average Bonchev–Trinajstić information content (AvgIpc) is 2.75. The minimum absolute atomic E-state index is 0.124. The number of anilines is 2. The highest BCUT2D eigenvalue weighted by Crippen LogP contribution is 2.37. The third kappa shape index (κ3) is 3.52. The molecule has 28 heavy (non-hydrogen) atoms. The number of allylic oxidation sites excluding steroid dienone is 2. The standard InChI is InChI=1S/C22H24N2O4/c1-26-19-13-16(21(25)15-9-5-4-6-10-15)14-20(27-2)22(19,28-3)24-18-12-8-7-11-17(18)23/h4-14,19,24H,23H2,1-3H3. The molecular formula is C22H24N2O4. The lowest BCUT2D eigenvalue weighted by atomic mass is 9.89. The number of nitrogens with two attached hydrogens (primary N) is 1. The lowest BCUT2D eigenvalue weighted by Gasteiger charge is -2.41. The fraction of sp³-hybridized carbons (Fsp3) is 0.227. The van der Waals surface area contributed by atoms with Crippen molar-refractivity contribution in [1.29, 1.82) is 0 Å². The normalized spacial score (nSPS) is 21.5. The summed E-state index contributed by atoms with van der Waals surface area (Å²) < 4.78 is 17.1. The summed E-state index contributed by atoms with van der Waals surface area (Å²) in [4.78, 5) is 12.9. The van der Waals surface area contributed by atoms with E-state index in [1.54, 1.807) is 44.6 Å². The number of nitrogen functional groups attached to an aromatic ring is 1. The van der Waals surface area contributed by atoms with Crippen molar-refractivity contribution in [3.05, 3.63) is 83.6 Å². The van der Waals surface area contributed by atoms with Crippen LogP contribution in [0.4, 0.5) is 11.4 Å². The van der Waals surface area contributed by atoms with Gasteiger partial charge in [0.15, 0.2) is 11.5 Å². The number of para-hydroxylation sites is 2. The molecule has 0 saturated carbocycles. The van der Waals surface area contributed by atoms with Gasteiger partial charge in [0.25, 0.3) is 0 Å². The van der Waals surface area contributed by atoms with Gasteiger partial charge >= 0.3 is 0 Å². The first kappa shape index (κ1) is 19.7. The number of rotatable bonds is 7. The molecule has 2 unspecified atom stereocenters. The van der Waals surface area contributed by atoms with Crippen LogP contribution < -0.4 is 11.1 Å². The summed E-state index contributed by atoms with van der Waals surface area (Å²) in [6, 6.07) is 16.4. The predicted molar refractivity (Wildman–Crippen MR) is 109 cm³/mol. The van der Waals surface area contributed by atoms with Crippen molar-refractivity contribution in [2.24, 2.45) is 0 Å².